The molecule has 20 heavy (non-hydrogen) atoms. The van der Waals surface area contributed by atoms with Gasteiger partial charge in [0.2, 0.25) is 0 Å². The van der Waals surface area contributed by atoms with E-state index < -0.39 is 0 Å². The first kappa shape index (κ1) is 12.2. The summed E-state index contributed by atoms with van der Waals surface area (Å²) in [7, 11) is 1.94. The predicted molar refractivity (Wildman–Crippen MR) is 80.7 cm³/mol. The lowest BCUT2D eigenvalue weighted by Gasteiger charge is -2.18. The molecule has 0 atom stereocenters. The Morgan fingerprint density at radius 2 is 1.95 bits per heavy atom. The number of nitrogen functional groups attached to an aromatic ring is 1. The maximum atomic E-state index is 5.80. The average Bonchev–Trinajstić information content (AvgIpc) is 3.01. The van der Waals surface area contributed by atoms with Gasteiger partial charge in [0.15, 0.2) is 5.82 Å². The third kappa shape index (κ3) is 2.33. The number of aromatic amines is 1. The molecular formula is C15H15N5. The number of rotatable bonds is 3. The summed E-state index contributed by atoms with van der Waals surface area (Å²) < 4.78 is 0. The fourth-order valence-electron chi connectivity index (χ4n) is 2.00. The van der Waals surface area contributed by atoms with Crippen molar-refractivity contribution in [1.82, 2.24) is 15.2 Å². The van der Waals surface area contributed by atoms with Crippen LogP contribution in [0.5, 0.6) is 0 Å². The van der Waals surface area contributed by atoms with Gasteiger partial charge in [0.25, 0.3) is 0 Å². The van der Waals surface area contributed by atoms with Crippen LogP contribution < -0.4 is 10.6 Å². The van der Waals surface area contributed by atoms with E-state index in [1.165, 1.54) is 0 Å². The number of nitrogens with zero attached hydrogens (tertiary/aromatic N) is 3. The van der Waals surface area contributed by atoms with Crippen LogP contribution in [0.15, 0.2) is 54.7 Å². The molecule has 0 unspecified atom stereocenters. The van der Waals surface area contributed by atoms with Gasteiger partial charge in [-0.25, -0.2) is 0 Å². The van der Waals surface area contributed by atoms with Gasteiger partial charge in [-0.3, -0.25) is 0 Å². The van der Waals surface area contributed by atoms with Gasteiger partial charge in [0, 0.05) is 24.6 Å². The molecule has 2 aromatic heterocycles. The van der Waals surface area contributed by atoms with Crippen molar-refractivity contribution < 1.29 is 0 Å². The van der Waals surface area contributed by atoms with E-state index in [9.17, 15) is 0 Å². The van der Waals surface area contributed by atoms with Crippen LogP contribution in [0.3, 0.4) is 0 Å². The van der Waals surface area contributed by atoms with Crippen LogP contribution in [0, 0.1) is 0 Å². The molecule has 0 aliphatic heterocycles. The van der Waals surface area contributed by atoms with Gasteiger partial charge in [0.05, 0.1) is 5.69 Å². The molecule has 0 aliphatic carbocycles. The zero-order valence-corrected chi connectivity index (χ0v) is 11.1. The summed E-state index contributed by atoms with van der Waals surface area (Å²) in [5.41, 5.74) is 9.28. The minimum atomic E-state index is 0.727. The van der Waals surface area contributed by atoms with Crippen LogP contribution in [0.25, 0.3) is 11.4 Å². The van der Waals surface area contributed by atoms with Crippen molar-refractivity contribution in [3.05, 3.63) is 54.7 Å². The number of benzene rings is 1. The molecule has 0 spiro atoms. The molecule has 3 rings (SSSR count). The summed E-state index contributed by atoms with van der Waals surface area (Å²) in [5.74, 6) is 0.769. The van der Waals surface area contributed by atoms with Gasteiger partial charge in [0.1, 0.15) is 5.69 Å². The number of nitrogens with one attached hydrogen (secondary N) is 1. The third-order valence-corrected chi connectivity index (χ3v) is 3.13. The SMILES string of the molecule is CN(c1cccc(N)c1)c1ccc(-c2ccc[nH]2)nn1. The standard InChI is InChI=1S/C15H15N5/c1-20(12-5-2-4-11(16)10-12)15-8-7-14(18-19-15)13-6-3-9-17-13/h2-10,17H,16H2,1H3. The van der Waals surface area contributed by atoms with E-state index in [0.29, 0.717) is 0 Å². The molecule has 3 N–H and O–H groups in total. The van der Waals surface area contributed by atoms with E-state index in [0.717, 1.165) is 28.6 Å². The molecule has 5 heteroatoms. The lowest BCUT2D eigenvalue weighted by Crippen LogP contribution is -2.12. The van der Waals surface area contributed by atoms with Crippen molar-refractivity contribution in [2.24, 2.45) is 0 Å². The number of nitrogens with two attached hydrogens (primary N) is 1. The molecule has 0 amide bonds. The van der Waals surface area contributed by atoms with E-state index in [2.05, 4.69) is 15.2 Å². The summed E-state index contributed by atoms with van der Waals surface area (Å²) in [4.78, 5) is 5.05. The summed E-state index contributed by atoms with van der Waals surface area (Å²) >= 11 is 0. The molecule has 0 aliphatic rings. The molecule has 100 valence electrons. The van der Waals surface area contributed by atoms with Crippen molar-refractivity contribution in [1.29, 1.82) is 0 Å². The lowest BCUT2D eigenvalue weighted by atomic mass is 10.2. The van der Waals surface area contributed by atoms with Crippen LogP contribution >= 0.6 is 0 Å². The zero-order chi connectivity index (χ0) is 13.9. The van der Waals surface area contributed by atoms with Crippen LogP contribution in [0.1, 0.15) is 0 Å². The highest BCUT2D eigenvalue weighted by molar-refractivity contribution is 5.64. The number of H-pyrrole nitrogens is 1. The van der Waals surface area contributed by atoms with Gasteiger partial charge in [-0.15, -0.1) is 10.2 Å². The first-order valence-electron chi connectivity index (χ1n) is 6.31. The molecule has 0 bridgehead atoms. The van der Waals surface area contributed by atoms with E-state index in [4.69, 9.17) is 5.73 Å². The highest BCUT2D eigenvalue weighted by atomic mass is 15.2. The Morgan fingerprint density at radius 3 is 2.60 bits per heavy atom. The maximum Gasteiger partial charge on any atom is 0.155 e. The number of anilines is 3. The minimum Gasteiger partial charge on any atom is -0.399 e. The van der Waals surface area contributed by atoms with E-state index in [1.54, 1.807) is 0 Å². The summed E-state index contributed by atoms with van der Waals surface area (Å²) in [6.45, 7) is 0. The van der Waals surface area contributed by atoms with Crippen LogP contribution in [0.4, 0.5) is 17.2 Å². The first-order valence-corrected chi connectivity index (χ1v) is 6.31. The number of aromatic nitrogens is 3. The van der Waals surface area contributed by atoms with Crippen LogP contribution in [-0.4, -0.2) is 22.2 Å². The average molecular weight is 265 g/mol. The quantitative estimate of drug-likeness (QED) is 0.714. The normalized spacial score (nSPS) is 10.4. The topological polar surface area (TPSA) is 70.8 Å². The van der Waals surface area contributed by atoms with Crippen LogP contribution in [-0.2, 0) is 0 Å². The second-order valence-electron chi connectivity index (χ2n) is 4.51. The van der Waals surface area contributed by atoms with E-state index in [1.807, 2.05) is 66.7 Å². The Hall–Kier alpha value is -2.82. The Labute approximate surface area is 117 Å². The summed E-state index contributed by atoms with van der Waals surface area (Å²) in [6, 6.07) is 15.4. The molecule has 0 saturated carbocycles. The van der Waals surface area contributed by atoms with Gasteiger partial charge in [-0.2, -0.15) is 0 Å². The Morgan fingerprint density at radius 1 is 1.05 bits per heavy atom. The Balaban J connectivity index is 1.87. The molecule has 1 aromatic carbocycles. The Kier molecular flexibility index (Phi) is 3.09. The molecule has 0 radical (unpaired) electrons. The van der Waals surface area contributed by atoms with Crippen molar-refractivity contribution in [2.45, 2.75) is 0 Å². The second kappa shape index (κ2) is 5.05. The summed E-state index contributed by atoms with van der Waals surface area (Å²) in [5, 5.41) is 8.49. The molecular weight excluding hydrogens is 250 g/mol. The summed E-state index contributed by atoms with van der Waals surface area (Å²) in [6.07, 6.45) is 1.86. The van der Waals surface area contributed by atoms with Gasteiger partial charge in [-0.1, -0.05) is 6.07 Å². The Bertz CT molecular complexity index is 689. The van der Waals surface area contributed by atoms with Crippen molar-refractivity contribution in [2.75, 3.05) is 17.7 Å². The maximum absolute atomic E-state index is 5.80. The lowest BCUT2D eigenvalue weighted by molar-refractivity contribution is 0.989. The van der Waals surface area contributed by atoms with Gasteiger partial charge >= 0.3 is 0 Å². The molecule has 0 fully saturated rings. The van der Waals surface area contributed by atoms with Crippen molar-refractivity contribution >= 4 is 17.2 Å². The van der Waals surface area contributed by atoms with Crippen molar-refractivity contribution in [3.63, 3.8) is 0 Å². The smallest absolute Gasteiger partial charge is 0.155 e. The molecule has 2 heterocycles. The van der Waals surface area contributed by atoms with E-state index >= 15 is 0 Å². The minimum absolute atomic E-state index is 0.727. The van der Waals surface area contributed by atoms with Crippen molar-refractivity contribution in [3.8, 4) is 11.4 Å². The highest BCUT2D eigenvalue weighted by Gasteiger charge is 2.07. The fourth-order valence-corrected chi connectivity index (χ4v) is 2.00. The number of hydrogen-bond acceptors (Lipinski definition) is 4. The fraction of sp³-hybridized carbons (Fsp3) is 0.0667. The number of hydrogen-bond donors (Lipinski definition) is 2. The third-order valence-electron chi connectivity index (χ3n) is 3.13. The second-order valence-corrected chi connectivity index (χ2v) is 4.51. The molecule has 0 saturated heterocycles. The monoisotopic (exact) mass is 265 g/mol. The molecule has 3 aromatic rings. The van der Waals surface area contributed by atoms with Gasteiger partial charge < -0.3 is 15.6 Å². The first-order chi connectivity index (χ1) is 9.74. The zero-order valence-electron chi connectivity index (χ0n) is 11.1. The largest absolute Gasteiger partial charge is 0.399 e. The van der Waals surface area contributed by atoms with Crippen LogP contribution in [0.2, 0.25) is 0 Å². The van der Waals surface area contributed by atoms with E-state index in [-0.39, 0.29) is 0 Å². The van der Waals surface area contributed by atoms with Gasteiger partial charge in [-0.05, 0) is 42.5 Å². The predicted octanol–water partition coefficient (Wildman–Crippen LogP) is 2.82. The molecule has 5 nitrogen and oxygen atoms in total. The highest BCUT2D eigenvalue weighted by Crippen LogP contribution is 2.24.